The number of pyridine rings is 1. The van der Waals surface area contributed by atoms with Crippen molar-refractivity contribution in [3.8, 4) is 0 Å². The van der Waals surface area contributed by atoms with E-state index in [0.29, 0.717) is 24.7 Å². The highest BCUT2D eigenvalue weighted by Gasteiger charge is 2.23. The van der Waals surface area contributed by atoms with Gasteiger partial charge in [-0.3, -0.25) is 9.69 Å². The molecular formula is C28H35N5O2. The summed E-state index contributed by atoms with van der Waals surface area (Å²) < 4.78 is 2.05. The van der Waals surface area contributed by atoms with Crippen LogP contribution < -0.4 is 5.32 Å². The van der Waals surface area contributed by atoms with E-state index in [2.05, 4.69) is 57.7 Å². The normalized spacial score (nSPS) is 17.8. The number of aromatic nitrogens is 2. The number of likely N-dealkylation sites (tertiary alicyclic amines) is 1. The molecule has 1 amide bonds. The van der Waals surface area contributed by atoms with Gasteiger partial charge >= 0.3 is 0 Å². The van der Waals surface area contributed by atoms with E-state index >= 15 is 0 Å². The first-order chi connectivity index (χ1) is 17.0. The van der Waals surface area contributed by atoms with E-state index in [1.165, 1.54) is 16.7 Å². The molecule has 0 bridgehead atoms. The van der Waals surface area contributed by atoms with Crippen molar-refractivity contribution in [3.63, 3.8) is 0 Å². The van der Waals surface area contributed by atoms with E-state index in [4.69, 9.17) is 4.98 Å². The van der Waals surface area contributed by atoms with Gasteiger partial charge in [0, 0.05) is 58.6 Å². The molecule has 0 spiro atoms. The zero-order valence-electron chi connectivity index (χ0n) is 20.5. The number of piperidine rings is 1. The molecule has 1 atom stereocenters. The van der Waals surface area contributed by atoms with Crippen molar-refractivity contribution in [1.29, 1.82) is 0 Å². The van der Waals surface area contributed by atoms with Crippen LogP contribution in [0, 0.1) is 0 Å². The fourth-order valence-corrected chi connectivity index (χ4v) is 5.33. The number of imidazole rings is 1. The average molecular weight is 474 g/mol. The maximum absolute atomic E-state index is 11.6. The molecule has 2 aliphatic rings. The summed E-state index contributed by atoms with van der Waals surface area (Å²) in [5, 5.41) is 13.9. The van der Waals surface area contributed by atoms with Gasteiger partial charge in [0.2, 0.25) is 5.91 Å². The second-order valence-corrected chi connectivity index (χ2v) is 9.90. The molecule has 7 nitrogen and oxygen atoms in total. The molecule has 1 aromatic carbocycles. The van der Waals surface area contributed by atoms with E-state index in [1.54, 1.807) is 6.92 Å². The lowest BCUT2D eigenvalue weighted by atomic mass is 9.90. The number of benzene rings is 1. The molecule has 35 heavy (non-hydrogen) atoms. The zero-order chi connectivity index (χ0) is 24.4. The van der Waals surface area contributed by atoms with Crippen LogP contribution in [0.4, 0.5) is 0 Å². The number of hydrogen-bond acceptors (Lipinski definition) is 5. The minimum Gasteiger partial charge on any atom is -0.390 e. The Morgan fingerprint density at radius 2 is 1.91 bits per heavy atom. The molecule has 1 saturated heterocycles. The third kappa shape index (κ3) is 5.41. The van der Waals surface area contributed by atoms with E-state index < -0.39 is 6.10 Å². The van der Waals surface area contributed by atoms with E-state index in [1.807, 2.05) is 17.2 Å². The topological polar surface area (TPSA) is 73.1 Å². The summed E-state index contributed by atoms with van der Waals surface area (Å²) in [6, 6.07) is 12.8. The van der Waals surface area contributed by atoms with Crippen molar-refractivity contribution in [2.24, 2.45) is 0 Å². The number of nitrogens with zero attached hydrogens (tertiary/aromatic N) is 4. The minimum absolute atomic E-state index is 0.163. The van der Waals surface area contributed by atoms with Crippen molar-refractivity contribution in [2.75, 3.05) is 32.7 Å². The number of fused-ring (bicyclic) bond motifs is 2. The van der Waals surface area contributed by atoms with Gasteiger partial charge in [-0.1, -0.05) is 36.9 Å². The molecule has 5 rings (SSSR count). The molecule has 4 heterocycles. The van der Waals surface area contributed by atoms with Crippen molar-refractivity contribution in [1.82, 2.24) is 24.5 Å². The lowest BCUT2D eigenvalue weighted by molar-refractivity contribution is -0.129. The maximum atomic E-state index is 11.6. The third-order valence-corrected chi connectivity index (χ3v) is 7.42. The number of aliphatic hydroxyl groups excluding tert-OH is 1. The first-order valence-corrected chi connectivity index (χ1v) is 12.6. The van der Waals surface area contributed by atoms with Crippen LogP contribution in [-0.4, -0.2) is 69.0 Å². The fourth-order valence-electron chi connectivity index (χ4n) is 5.33. The van der Waals surface area contributed by atoms with Gasteiger partial charge in [-0.2, -0.15) is 0 Å². The second kappa shape index (κ2) is 10.2. The molecule has 0 aliphatic carbocycles. The maximum Gasteiger partial charge on any atom is 0.219 e. The number of β-amino-alcohol motifs (C(OH)–C–C–N with tert-alkyl or cyclic N) is 1. The lowest BCUT2D eigenvalue weighted by Gasteiger charge is -2.31. The summed E-state index contributed by atoms with van der Waals surface area (Å²) in [6.07, 6.45) is 6.66. The fraction of sp³-hybridized carbons (Fsp3) is 0.429. The monoisotopic (exact) mass is 473 g/mol. The van der Waals surface area contributed by atoms with Gasteiger partial charge in [0.25, 0.3) is 0 Å². The second-order valence-electron chi connectivity index (χ2n) is 9.90. The molecule has 2 aliphatic heterocycles. The van der Waals surface area contributed by atoms with E-state index in [9.17, 15) is 9.90 Å². The van der Waals surface area contributed by atoms with Crippen LogP contribution in [0.1, 0.15) is 48.1 Å². The molecule has 7 heteroatoms. The highest BCUT2D eigenvalue weighted by atomic mass is 16.3. The Hall–Kier alpha value is -3.16. The number of carbonyl (C=O) groups is 1. The number of rotatable bonds is 7. The predicted octanol–water partition coefficient (Wildman–Crippen LogP) is 3.04. The lowest BCUT2D eigenvalue weighted by Crippen LogP contribution is -2.40. The molecule has 2 N–H and O–H groups in total. The first-order valence-electron chi connectivity index (χ1n) is 12.6. The van der Waals surface area contributed by atoms with Crippen LogP contribution in [0.25, 0.3) is 11.3 Å². The summed E-state index contributed by atoms with van der Waals surface area (Å²) in [7, 11) is 0. The molecule has 1 unspecified atom stereocenters. The smallest absolute Gasteiger partial charge is 0.219 e. The van der Waals surface area contributed by atoms with Gasteiger partial charge in [-0.15, -0.1) is 0 Å². The molecule has 0 radical (unpaired) electrons. The largest absolute Gasteiger partial charge is 0.390 e. The highest BCUT2D eigenvalue weighted by molar-refractivity contribution is 5.73. The summed E-state index contributed by atoms with van der Waals surface area (Å²) in [6.45, 7) is 10.4. The van der Waals surface area contributed by atoms with Gasteiger partial charge < -0.3 is 19.7 Å². The van der Waals surface area contributed by atoms with Gasteiger partial charge in [0.05, 0.1) is 11.8 Å². The van der Waals surface area contributed by atoms with Crippen LogP contribution in [0.15, 0.2) is 55.4 Å². The van der Waals surface area contributed by atoms with Gasteiger partial charge in [-0.25, -0.2) is 4.98 Å². The molecule has 184 valence electrons. The SMILES string of the molecule is C=C(NCC(O)CN1CCc2ccccc2C1)c1cn2cc(C3CCN(C(C)=O)CC3)ccc2n1. The van der Waals surface area contributed by atoms with Crippen molar-refractivity contribution < 1.29 is 9.90 Å². The third-order valence-electron chi connectivity index (χ3n) is 7.42. The Bertz CT molecular complexity index is 1210. The Balaban J connectivity index is 1.15. The van der Waals surface area contributed by atoms with Crippen LogP contribution in [0.3, 0.4) is 0 Å². The molecular weight excluding hydrogens is 438 g/mol. The van der Waals surface area contributed by atoms with Crippen LogP contribution in [0.2, 0.25) is 0 Å². The number of aliphatic hydroxyl groups is 1. The van der Waals surface area contributed by atoms with Crippen molar-refractivity contribution in [3.05, 3.63) is 77.8 Å². The molecule has 0 saturated carbocycles. The molecule has 2 aromatic heterocycles. The summed E-state index contributed by atoms with van der Waals surface area (Å²) >= 11 is 0. The Morgan fingerprint density at radius 1 is 1.14 bits per heavy atom. The van der Waals surface area contributed by atoms with Gasteiger partial charge in [0.15, 0.2) is 0 Å². The minimum atomic E-state index is -0.485. The van der Waals surface area contributed by atoms with Gasteiger partial charge in [-0.05, 0) is 47.9 Å². The number of nitrogens with one attached hydrogen (secondary N) is 1. The number of carbonyl (C=O) groups excluding carboxylic acids is 1. The quantitative estimate of drug-likeness (QED) is 0.552. The van der Waals surface area contributed by atoms with Crippen molar-refractivity contribution >= 4 is 17.3 Å². The number of amides is 1. The predicted molar refractivity (Wildman–Crippen MR) is 138 cm³/mol. The average Bonchev–Trinajstić information content (AvgIpc) is 3.31. The summed E-state index contributed by atoms with van der Waals surface area (Å²) in [5.41, 5.74) is 6.43. The van der Waals surface area contributed by atoms with Crippen molar-refractivity contribution in [2.45, 2.75) is 44.8 Å². The van der Waals surface area contributed by atoms with Crippen LogP contribution >= 0.6 is 0 Å². The zero-order valence-corrected chi connectivity index (χ0v) is 20.5. The summed E-state index contributed by atoms with van der Waals surface area (Å²) in [4.78, 5) is 20.6. The van der Waals surface area contributed by atoms with E-state index in [-0.39, 0.29) is 5.91 Å². The standard InChI is InChI=1S/C28H35N5O2/c1-20(29-15-26(35)18-31-12-9-22-5-3-4-6-24(22)16-31)27-19-33-17-25(7-8-28(33)30-27)23-10-13-32(14-11-23)21(2)34/h3-8,17,19,23,26,29,35H,1,9-16,18H2,2H3. The van der Waals surface area contributed by atoms with Crippen LogP contribution in [0.5, 0.6) is 0 Å². The Kier molecular flexibility index (Phi) is 6.88. The van der Waals surface area contributed by atoms with Gasteiger partial charge in [0.1, 0.15) is 11.3 Å². The Morgan fingerprint density at radius 3 is 2.69 bits per heavy atom. The highest BCUT2D eigenvalue weighted by Crippen LogP contribution is 2.28. The van der Waals surface area contributed by atoms with E-state index in [0.717, 1.165) is 56.8 Å². The molecule has 1 fully saturated rings. The first kappa shape index (κ1) is 23.6. The molecule has 3 aromatic rings. The van der Waals surface area contributed by atoms with Crippen LogP contribution in [-0.2, 0) is 17.8 Å². The Labute approximate surface area is 207 Å². The summed E-state index contributed by atoms with van der Waals surface area (Å²) in [5.74, 6) is 0.620. The number of hydrogen-bond donors (Lipinski definition) is 2.